The molecule has 1 amide bonds. The van der Waals surface area contributed by atoms with Crippen molar-refractivity contribution in [3.8, 4) is 0 Å². The minimum absolute atomic E-state index is 0.0778. The molecule has 1 aromatic rings. The summed E-state index contributed by atoms with van der Waals surface area (Å²) in [5, 5.41) is 9.33. The lowest BCUT2D eigenvalue weighted by Gasteiger charge is -2.37. The minimum atomic E-state index is -0.981. The number of rotatable bonds is 2. The highest BCUT2D eigenvalue weighted by Crippen LogP contribution is 2.26. The van der Waals surface area contributed by atoms with Crippen LogP contribution in [0.25, 0.3) is 0 Å². The SMILES string of the molecule is Cc1cc(F)ccc1C(=O)N1CCCC(C)C1C(=O)O. The summed E-state index contributed by atoms with van der Waals surface area (Å²) in [7, 11) is 0. The number of amides is 1. The first-order valence-electron chi connectivity index (χ1n) is 6.71. The molecule has 1 aromatic carbocycles. The Balaban J connectivity index is 2.33. The first kappa shape index (κ1) is 14.5. The van der Waals surface area contributed by atoms with Gasteiger partial charge < -0.3 is 10.0 Å². The molecule has 1 fully saturated rings. The number of likely N-dealkylation sites (tertiary alicyclic amines) is 1. The maximum absolute atomic E-state index is 13.1. The Labute approximate surface area is 117 Å². The van der Waals surface area contributed by atoms with Crippen LogP contribution in [0.2, 0.25) is 0 Å². The van der Waals surface area contributed by atoms with Gasteiger partial charge in [0.25, 0.3) is 5.91 Å². The van der Waals surface area contributed by atoms with Gasteiger partial charge in [-0.15, -0.1) is 0 Å². The van der Waals surface area contributed by atoms with E-state index in [1.807, 2.05) is 6.92 Å². The van der Waals surface area contributed by atoms with Gasteiger partial charge >= 0.3 is 5.97 Å². The molecule has 2 unspecified atom stereocenters. The van der Waals surface area contributed by atoms with E-state index in [-0.39, 0.29) is 11.8 Å². The number of carboxylic acid groups (broad SMARTS) is 1. The zero-order chi connectivity index (χ0) is 14.9. The quantitative estimate of drug-likeness (QED) is 0.904. The molecule has 2 atom stereocenters. The van der Waals surface area contributed by atoms with E-state index in [1.54, 1.807) is 6.92 Å². The summed E-state index contributed by atoms with van der Waals surface area (Å²) in [6.45, 7) is 3.92. The van der Waals surface area contributed by atoms with Gasteiger partial charge in [-0.3, -0.25) is 4.79 Å². The number of hydrogen-bond acceptors (Lipinski definition) is 2. The van der Waals surface area contributed by atoms with E-state index in [0.29, 0.717) is 17.7 Å². The van der Waals surface area contributed by atoms with Crippen molar-refractivity contribution < 1.29 is 19.1 Å². The maximum Gasteiger partial charge on any atom is 0.326 e. The van der Waals surface area contributed by atoms with Crippen LogP contribution >= 0.6 is 0 Å². The number of nitrogens with zero attached hydrogens (tertiary/aromatic N) is 1. The predicted molar refractivity (Wildman–Crippen MR) is 72.0 cm³/mol. The third kappa shape index (κ3) is 2.66. The third-order valence-electron chi connectivity index (χ3n) is 3.87. The fourth-order valence-corrected chi connectivity index (χ4v) is 2.81. The molecule has 0 radical (unpaired) electrons. The number of carboxylic acids is 1. The maximum atomic E-state index is 13.1. The molecule has 0 aromatic heterocycles. The molecule has 1 aliphatic rings. The number of carbonyl (C=O) groups is 2. The first-order valence-corrected chi connectivity index (χ1v) is 6.71. The van der Waals surface area contributed by atoms with E-state index in [0.717, 1.165) is 12.8 Å². The summed E-state index contributed by atoms with van der Waals surface area (Å²) in [5.41, 5.74) is 0.893. The second-order valence-corrected chi connectivity index (χ2v) is 5.36. The van der Waals surface area contributed by atoms with Crippen molar-refractivity contribution in [2.75, 3.05) is 6.54 Å². The second kappa shape index (κ2) is 5.61. The van der Waals surface area contributed by atoms with Gasteiger partial charge in [-0.1, -0.05) is 6.92 Å². The summed E-state index contributed by atoms with van der Waals surface area (Å²) < 4.78 is 13.1. The molecular formula is C15H18FNO3. The molecule has 108 valence electrons. The fraction of sp³-hybridized carbons (Fsp3) is 0.467. The van der Waals surface area contributed by atoms with Gasteiger partial charge in [-0.2, -0.15) is 0 Å². The lowest BCUT2D eigenvalue weighted by atomic mass is 9.90. The number of aryl methyl sites for hydroxylation is 1. The van der Waals surface area contributed by atoms with Gasteiger partial charge in [0.05, 0.1) is 0 Å². The molecule has 1 saturated heterocycles. The van der Waals surface area contributed by atoms with Crippen molar-refractivity contribution >= 4 is 11.9 Å². The van der Waals surface area contributed by atoms with Crippen LogP contribution in [-0.2, 0) is 4.79 Å². The largest absolute Gasteiger partial charge is 0.480 e. The number of hydrogen-bond donors (Lipinski definition) is 1. The third-order valence-corrected chi connectivity index (χ3v) is 3.87. The summed E-state index contributed by atoms with van der Waals surface area (Å²) >= 11 is 0. The summed E-state index contributed by atoms with van der Waals surface area (Å²) in [6, 6.07) is 3.13. The zero-order valence-corrected chi connectivity index (χ0v) is 11.6. The van der Waals surface area contributed by atoms with Crippen LogP contribution in [0.1, 0.15) is 35.7 Å². The topological polar surface area (TPSA) is 57.6 Å². The molecule has 1 heterocycles. The monoisotopic (exact) mass is 279 g/mol. The van der Waals surface area contributed by atoms with Crippen LogP contribution in [0.4, 0.5) is 4.39 Å². The molecular weight excluding hydrogens is 261 g/mol. The fourth-order valence-electron chi connectivity index (χ4n) is 2.81. The van der Waals surface area contributed by atoms with E-state index in [9.17, 15) is 19.1 Å². The molecule has 20 heavy (non-hydrogen) atoms. The van der Waals surface area contributed by atoms with Gasteiger partial charge in [-0.05, 0) is 49.4 Å². The number of carbonyl (C=O) groups excluding carboxylic acids is 1. The number of piperidine rings is 1. The molecule has 4 nitrogen and oxygen atoms in total. The number of benzene rings is 1. The molecule has 2 rings (SSSR count). The second-order valence-electron chi connectivity index (χ2n) is 5.36. The predicted octanol–water partition coefficient (Wildman–Crippen LogP) is 2.46. The Morgan fingerprint density at radius 2 is 2.10 bits per heavy atom. The van der Waals surface area contributed by atoms with Crippen LogP contribution in [0.15, 0.2) is 18.2 Å². The van der Waals surface area contributed by atoms with Crippen molar-refractivity contribution in [1.29, 1.82) is 0 Å². The normalized spacial score (nSPS) is 22.6. The van der Waals surface area contributed by atoms with E-state index in [4.69, 9.17) is 0 Å². The van der Waals surface area contributed by atoms with Crippen LogP contribution in [-0.4, -0.2) is 34.5 Å². The number of halogens is 1. The standard InChI is InChI=1S/C15H18FNO3/c1-9-4-3-7-17(13(9)15(19)20)14(18)12-6-5-11(16)8-10(12)2/h5-6,8-9,13H,3-4,7H2,1-2H3,(H,19,20). The summed E-state index contributed by atoms with van der Waals surface area (Å²) in [6.07, 6.45) is 1.58. The molecule has 1 N–H and O–H groups in total. The van der Waals surface area contributed by atoms with Crippen molar-refractivity contribution in [3.63, 3.8) is 0 Å². The molecule has 0 spiro atoms. The van der Waals surface area contributed by atoms with Gasteiger partial charge in [0.15, 0.2) is 0 Å². The van der Waals surface area contributed by atoms with Crippen LogP contribution in [0.5, 0.6) is 0 Å². The highest BCUT2D eigenvalue weighted by molar-refractivity contribution is 5.98. The summed E-state index contributed by atoms with van der Waals surface area (Å²) in [5.74, 6) is -1.79. The lowest BCUT2D eigenvalue weighted by molar-refractivity contribution is -0.145. The molecule has 0 saturated carbocycles. The highest BCUT2D eigenvalue weighted by atomic mass is 19.1. The number of aliphatic carboxylic acids is 1. The molecule has 1 aliphatic heterocycles. The van der Waals surface area contributed by atoms with Gasteiger partial charge in [-0.25, -0.2) is 9.18 Å². The van der Waals surface area contributed by atoms with Crippen molar-refractivity contribution in [3.05, 3.63) is 35.1 Å². The van der Waals surface area contributed by atoms with Crippen LogP contribution < -0.4 is 0 Å². The van der Waals surface area contributed by atoms with Gasteiger partial charge in [0.1, 0.15) is 11.9 Å². The van der Waals surface area contributed by atoms with Gasteiger partial charge in [0.2, 0.25) is 0 Å². The first-order chi connectivity index (χ1) is 9.41. The average Bonchev–Trinajstić information content (AvgIpc) is 2.37. The Kier molecular flexibility index (Phi) is 4.06. The zero-order valence-electron chi connectivity index (χ0n) is 11.6. The summed E-state index contributed by atoms with van der Waals surface area (Å²) in [4.78, 5) is 25.3. The van der Waals surface area contributed by atoms with E-state index >= 15 is 0 Å². The minimum Gasteiger partial charge on any atom is -0.480 e. The Morgan fingerprint density at radius 1 is 1.40 bits per heavy atom. The Morgan fingerprint density at radius 3 is 2.70 bits per heavy atom. The van der Waals surface area contributed by atoms with E-state index in [1.165, 1.54) is 23.1 Å². The van der Waals surface area contributed by atoms with Crippen LogP contribution in [0, 0.1) is 18.7 Å². The Hall–Kier alpha value is -1.91. The lowest BCUT2D eigenvalue weighted by Crippen LogP contribution is -2.52. The van der Waals surface area contributed by atoms with Gasteiger partial charge in [0, 0.05) is 12.1 Å². The van der Waals surface area contributed by atoms with Crippen molar-refractivity contribution in [2.45, 2.75) is 32.7 Å². The molecule has 0 bridgehead atoms. The van der Waals surface area contributed by atoms with Crippen molar-refractivity contribution in [2.24, 2.45) is 5.92 Å². The smallest absolute Gasteiger partial charge is 0.326 e. The van der Waals surface area contributed by atoms with Crippen LogP contribution in [0.3, 0.4) is 0 Å². The average molecular weight is 279 g/mol. The molecule has 5 heteroatoms. The van der Waals surface area contributed by atoms with E-state index < -0.39 is 17.8 Å². The highest BCUT2D eigenvalue weighted by Gasteiger charge is 2.37. The van der Waals surface area contributed by atoms with Crippen molar-refractivity contribution in [1.82, 2.24) is 4.90 Å². The molecule has 0 aliphatic carbocycles. The Bertz CT molecular complexity index is 544. The van der Waals surface area contributed by atoms with E-state index in [2.05, 4.69) is 0 Å².